The number of likely N-dealkylation sites (tertiary alicyclic amines) is 1. The Kier molecular flexibility index (Phi) is 5.89. The van der Waals surface area contributed by atoms with E-state index >= 15 is 0 Å². The first-order chi connectivity index (χ1) is 12.6. The predicted octanol–water partition coefficient (Wildman–Crippen LogP) is 4.07. The zero-order valence-corrected chi connectivity index (χ0v) is 15.0. The lowest BCUT2D eigenvalue weighted by atomic mass is 10.00. The Morgan fingerprint density at radius 1 is 1.08 bits per heavy atom. The highest BCUT2D eigenvalue weighted by atomic mass is 16.5. The SMILES string of the molecule is CC1CCCN(C(=O)CC(=O)Nc2ccc(Oc3ccccc3)cc2)C1. The average Bonchev–Trinajstić information content (AvgIpc) is 2.64. The predicted molar refractivity (Wildman–Crippen MR) is 101 cm³/mol. The lowest BCUT2D eigenvalue weighted by molar-refractivity contribution is -0.136. The number of hydrogen-bond acceptors (Lipinski definition) is 3. The van der Waals surface area contributed by atoms with E-state index in [1.807, 2.05) is 30.3 Å². The van der Waals surface area contributed by atoms with Crippen molar-refractivity contribution in [2.75, 3.05) is 18.4 Å². The van der Waals surface area contributed by atoms with E-state index in [2.05, 4.69) is 12.2 Å². The first-order valence-electron chi connectivity index (χ1n) is 9.01. The van der Waals surface area contributed by atoms with Crippen molar-refractivity contribution in [2.24, 2.45) is 5.92 Å². The second-order valence-electron chi connectivity index (χ2n) is 6.75. The van der Waals surface area contributed by atoms with Crippen LogP contribution in [0, 0.1) is 5.92 Å². The summed E-state index contributed by atoms with van der Waals surface area (Å²) in [6.07, 6.45) is 2.04. The third kappa shape index (κ3) is 5.09. The molecule has 136 valence electrons. The van der Waals surface area contributed by atoms with Crippen molar-refractivity contribution in [1.82, 2.24) is 4.90 Å². The Balaban J connectivity index is 1.50. The van der Waals surface area contributed by atoms with Gasteiger partial charge in [0.15, 0.2) is 0 Å². The second-order valence-corrected chi connectivity index (χ2v) is 6.75. The van der Waals surface area contributed by atoms with Gasteiger partial charge in [0, 0.05) is 18.8 Å². The fraction of sp³-hybridized carbons (Fsp3) is 0.333. The first-order valence-corrected chi connectivity index (χ1v) is 9.01. The molecule has 1 N–H and O–H groups in total. The van der Waals surface area contributed by atoms with Crippen LogP contribution in [0.1, 0.15) is 26.2 Å². The Labute approximate surface area is 154 Å². The van der Waals surface area contributed by atoms with Crippen LogP contribution in [0.25, 0.3) is 0 Å². The second kappa shape index (κ2) is 8.52. The molecule has 1 atom stereocenters. The van der Waals surface area contributed by atoms with Crippen LogP contribution in [0.5, 0.6) is 11.5 Å². The molecule has 5 nitrogen and oxygen atoms in total. The molecule has 1 aliphatic heterocycles. The lowest BCUT2D eigenvalue weighted by Gasteiger charge is -2.30. The summed E-state index contributed by atoms with van der Waals surface area (Å²) in [6.45, 7) is 3.64. The third-order valence-corrected chi connectivity index (χ3v) is 4.44. The van der Waals surface area contributed by atoms with Crippen molar-refractivity contribution in [3.8, 4) is 11.5 Å². The van der Waals surface area contributed by atoms with Crippen molar-refractivity contribution >= 4 is 17.5 Å². The van der Waals surface area contributed by atoms with Gasteiger partial charge in [-0.3, -0.25) is 9.59 Å². The summed E-state index contributed by atoms with van der Waals surface area (Å²) in [4.78, 5) is 26.2. The molecular formula is C21H24N2O3. The Bertz CT molecular complexity index is 744. The molecular weight excluding hydrogens is 328 g/mol. The zero-order valence-electron chi connectivity index (χ0n) is 15.0. The number of para-hydroxylation sites is 1. The Hall–Kier alpha value is -2.82. The monoisotopic (exact) mass is 352 g/mol. The topological polar surface area (TPSA) is 58.6 Å². The van der Waals surface area contributed by atoms with Gasteiger partial charge in [-0.2, -0.15) is 0 Å². The molecule has 2 aromatic rings. The van der Waals surface area contributed by atoms with Gasteiger partial charge < -0.3 is 15.0 Å². The number of amides is 2. The van der Waals surface area contributed by atoms with Crippen LogP contribution in [0.2, 0.25) is 0 Å². The molecule has 0 aliphatic carbocycles. The molecule has 1 fully saturated rings. The van der Waals surface area contributed by atoms with E-state index in [4.69, 9.17) is 4.74 Å². The van der Waals surface area contributed by atoms with E-state index < -0.39 is 0 Å². The maximum Gasteiger partial charge on any atom is 0.233 e. The summed E-state index contributed by atoms with van der Waals surface area (Å²) in [7, 11) is 0. The molecule has 0 aromatic heterocycles. The molecule has 1 unspecified atom stereocenters. The summed E-state index contributed by atoms with van der Waals surface area (Å²) >= 11 is 0. The molecule has 0 spiro atoms. The molecule has 26 heavy (non-hydrogen) atoms. The van der Waals surface area contributed by atoms with E-state index in [-0.39, 0.29) is 18.2 Å². The number of rotatable bonds is 5. The normalized spacial score (nSPS) is 16.8. The first kappa shape index (κ1) is 18.0. The number of nitrogens with zero attached hydrogens (tertiary/aromatic N) is 1. The lowest BCUT2D eigenvalue weighted by Crippen LogP contribution is -2.40. The Morgan fingerprint density at radius 3 is 2.46 bits per heavy atom. The van der Waals surface area contributed by atoms with E-state index in [1.54, 1.807) is 29.2 Å². The maximum absolute atomic E-state index is 12.2. The Morgan fingerprint density at radius 2 is 1.77 bits per heavy atom. The summed E-state index contributed by atoms with van der Waals surface area (Å²) in [5, 5.41) is 2.77. The van der Waals surface area contributed by atoms with E-state index in [9.17, 15) is 9.59 Å². The van der Waals surface area contributed by atoms with Crippen LogP contribution in [0.4, 0.5) is 5.69 Å². The molecule has 5 heteroatoms. The minimum absolute atomic E-state index is 0.0990. The van der Waals surface area contributed by atoms with Crippen LogP contribution >= 0.6 is 0 Å². The van der Waals surface area contributed by atoms with Gasteiger partial charge in [-0.15, -0.1) is 0 Å². The third-order valence-electron chi connectivity index (χ3n) is 4.44. The van der Waals surface area contributed by atoms with Crippen LogP contribution in [0.3, 0.4) is 0 Å². The molecule has 2 aromatic carbocycles. The smallest absolute Gasteiger partial charge is 0.233 e. The number of carbonyl (C=O) groups is 2. The van der Waals surface area contributed by atoms with Gasteiger partial charge in [0.2, 0.25) is 11.8 Å². The zero-order chi connectivity index (χ0) is 18.4. The fourth-order valence-electron chi connectivity index (χ4n) is 3.10. The highest BCUT2D eigenvalue weighted by Crippen LogP contribution is 2.23. The average molecular weight is 352 g/mol. The summed E-state index contributed by atoms with van der Waals surface area (Å²) in [6, 6.07) is 16.6. The van der Waals surface area contributed by atoms with Crippen LogP contribution in [-0.4, -0.2) is 29.8 Å². The highest BCUT2D eigenvalue weighted by Gasteiger charge is 2.22. The molecule has 1 aliphatic rings. The molecule has 0 radical (unpaired) electrons. The number of anilines is 1. The van der Waals surface area contributed by atoms with E-state index in [0.717, 1.165) is 31.7 Å². The molecule has 2 amide bonds. The van der Waals surface area contributed by atoms with E-state index in [1.165, 1.54) is 0 Å². The molecule has 1 heterocycles. The van der Waals surface area contributed by atoms with Crippen LogP contribution in [-0.2, 0) is 9.59 Å². The number of benzene rings is 2. The van der Waals surface area contributed by atoms with Gasteiger partial charge in [0.05, 0.1) is 0 Å². The number of hydrogen-bond donors (Lipinski definition) is 1. The molecule has 1 saturated heterocycles. The summed E-state index contributed by atoms with van der Waals surface area (Å²) in [5.41, 5.74) is 0.648. The number of ether oxygens (including phenoxy) is 1. The molecule has 0 bridgehead atoms. The van der Waals surface area contributed by atoms with Crippen molar-refractivity contribution in [3.05, 3.63) is 54.6 Å². The van der Waals surface area contributed by atoms with Gasteiger partial charge in [-0.05, 0) is 55.2 Å². The standard InChI is InChI=1S/C21H24N2O3/c1-16-6-5-13-23(15-16)21(25)14-20(24)22-17-9-11-19(12-10-17)26-18-7-3-2-4-8-18/h2-4,7-12,16H,5-6,13-15H2,1H3,(H,22,24). The number of piperidine rings is 1. The van der Waals surface area contributed by atoms with Gasteiger partial charge in [0.1, 0.15) is 17.9 Å². The van der Waals surface area contributed by atoms with Crippen LogP contribution in [0.15, 0.2) is 54.6 Å². The number of carbonyl (C=O) groups excluding carboxylic acids is 2. The van der Waals surface area contributed by atoms with Crippen molar-refractivity contribution in [3.63, 3.8) is 0 Å². The quantitative estimate of drug-likeness (QED) is 0.826. The molecule has 3 rings (SSSR count). The summed E-state index contributed by atoms with van der Waals surface area (Å²) in [5.74, 6) is 1.56. The van der Waals surface area contributed by atoms with Crippen molar-refractivity contribution in [1.29, 1.82) is 0 Å². The van der Waals surface area contributed by atoms with Crippen molar-refractivity contribution < 1.29 is 14.3 Å². The van der Waals surface area contributed by atoms with Gasteiger partial charge in [-0.1, -0.05) is 25.1 Å². The van der Waals surface area contributed by atoms with Gasteiger partial charge >= 0.3 is 0 Å². The van der Waals surface area contributed by atoms with Crippen LogP contribution < -0.4 is 10.1 Å². The van der Waals surface area contributed by atoms with Gasteiger partial charge in [-0.25, -0.2) is 0 Å². The molecule has 0 saturated carbocycles. The largest absolute Gasteiger partial charge is 0.457 e. The highest BCUT2D eigenvalue weighted by molar-refractivity contribution is 6.03. The van der Waals surface area contributed by atoms with E-state index in [0.29, 0.717) is 17.4 Å². The minimum Gasteiger partial charge on any atom is -0.457 e. The minimum atomic E-state index is -0.287. The summed E-state index contributed by atoms with van der Waals surface area (Å²) < 4.78 is 5.72. The fourth-order valence-corrected chi connectivity index (χ4v) is 3.10. The maximum atomic E-state index is 12.2. The van der Waals surface area contributed by atoms with Gasteiger partial charge in [0.25, 0.3) is 0 Å². The van der Waals surface area contributed by atoms with Crippen molar-refractivity contribution in [2.45, 2.75) is 26.2 Å². The number of nitrogens with one attached hydrogen (secondary N) is 1.